The Morgan fingerprint density at radius 1 is 1.22 bits per heavy atom. The number of hydrogen-bond acceptors (Lipinski definition) is 4. The highest BCUT2D eigenvalue weighted by Crippen LogP contribution is 2.25. The SMILES string of the molecule is CCCCOc1nn2cnnc2c2ccccc12. The molecule has 2 aromatic heterocycles. The molecule has 3 rings (SSSR count). The first-order valence-corrected chi connectivity index (χ1v) is 6.11. The first-order chi connectivity index (χ1) is 8.90. The quantitative estimate of drug-likeness (QED) is 0.659. The first-order valence-electron chi connectivity index (χ1n) is 6.11. The van der Waals surface area contributed by atoms with E-state index in [4.69, 9.17) is 4.74 Å². The molecule has 0 saturated carbocycles. The van der Waals surface area contributed by atoms with Crippen LogP contribution in [0.15, 0.2) is 30.6 Å². The van der Waals surface area contributed by atoms with Crippen LogP contribution in [0.3, 0.4) is 0 Å². The number of fused-ring (bicyclic) bond motifs is 3. The number of aromatic nitrogens is 4. The van der Waals surface area contributed by atoms with Crippen molar-refractivity contribution in [2.24, 2.45) is 0 Å². The second kappa shape index (κ2) is 4.60. The summed E-state index contributed by atoms with van der Waals surface area (Å²) >= 11 is 0. The monoisotopic (exact) mass is 242 g/mol. The van der Waals surface area contributed by atoms with Crippen LogP contribution in [0.4, 0.5) is 0 Å². The zero-order chi connectivity index (χ0) is 12.4. The molecule has 0 bridgehead atoms. The van der Waals surface area contributed by atoms with Crippen LogP contribution in [0.5, 0.6) is 5.88 Å². The average molecular weight is 242 g/mol. The van der Waals surface area contributed by atoms with Gasteiger partial charge in [-0.05, 0) is 12.5 Å². The predicted molar refractivity (Wildman–Crippen MR) is 68.7 cm³/mol. The smallest absolute Gasteiger partial charge is 0.239 e. The highest BCUT2D eigenvalue weighted by atomic mass is 16.5. The van der Waals surface area contributed by atoms with Gasteiger partial charge < -0.3 is 4.74 Å². The van der Waals surface area contributed by atoms with Gasteiger partial charge >= 0.3 is 0 Å². The highest BCUT2D eigenvalue weighted by Gasteiger charge is 2.10. The fourth-order valence-corrected chi connectivity index (χ4v) is 1.92. The zero-order valence-electron chi connectivity index (χ0n) is 10.2. The zero-order valence-corrected chi connectivity index (χ0v) is 10.2. The minimum Gasteiger partial charge on any atom is -0.476 e. The lowest BCUT2D eigenvalue weighted by atomic mass is 10.2. The Balaban J connectivity index is 2.14. The normalized spacial score (nSPS) is 11.2. The summed E-state index contributed by atoms with van der Waals surface area (Å²) in [5.41, 5.74) is 0.758. The maximum Gasteiger partial charge on any atom is 0.239 e. The fraction of sp³-hybridized carbons (Fsp3) is 0.308. The molecule has 92 valence electrons. The van der Waals surface area contributed by atoms with Gasteiger partial charge in [0.15, 0.2) is 5.65 Å². The Morgan fingerprint density at radius 2 is 2.06 bits per heavy atom. The van der Waals surface area contributed by atoms with Crippen LogP contribution in [0.2, 0.25) is 0 Å². The van der Waals surface area contributed by atoms with Gasteiger partial charge in [-0.25, -0.2) is 0 Å². The maximum absolute atomic E-state index is 5.75. The van der Waals surface area contributed by atoms with Gasteiger partial charge in [-0.1, -0.05) is 31.5 Å². The molecule has 1 aromatic carbocycles. The van der Waals surface area contributed by atoms with Crippen molar-refractivity contribution in [1.82, 2.24) is 19.8 Å². The summed E-state index contributed by atoms with van der Waals surface area (Å²) in [6.45, 7) is 2.82. The molecule has 0 aliphatic carbocycles. The second-order valence-corrected chi connectivity index (χ2v) is 4.15. The van der Waals surface area contributed by atoms with Gasteiger partial charge in [-0.2, -0.15) is 4.52 Å². The first kappa shape index (κ1) is 11.0. The van der Waals surface area contributed by atoms with Gasteiger partial charge in [0.25, 0.3) is 0 Å². The largest absolute Gasteiger partial charge is 0.476 e. The van der Waals surface area contributed by atoms with Crippen molar-refractivity contribution in [1.29, 1.82) is 0 Å². The molecule has 0 saturated heterocycles. The van der Waals surface area contributed by atoms with Gasteiger partial charge in [0, 0.05) is 10.8 Å². The lowest BCUT2D eigenvalue weighted by molar-refractivity contribution is 0.297. The van der Waals surface area contributed by atoms with Crippen molar-refractivity contribution in [3.63, 3.8) is 0 Å². The Labute approximate surface area is 104 Å². The molecule has 0 aliphatic heterocycles. The van der Waals surface area contributed by atoms with Gasteiger partial charge in [-0.3, -0.25) is 0 Å². The minimum absolute atomic E-state index is 0.645. The second-order valence-electron chi connectivity index (χ2n) is 4.15. The van der Waals surface area contributed by atoms with Crippen LogP contribution >= 0.6 is 0 Å². The number of benzene rings is 1. The van der Waals surface area contributed by atoms with E-state index in [0.29, 0.717) is 12.5 Å². The van der Waals surface area contributed by atoms with E-state index in [2.05, 4.69) is 22.2 Å². The van der Waals surface area contributed by atoms with E-state index in [1.54, 1.807) is 10.8 Å². The fourth-order valence-electron chi connectivity index (χ4n) is 1.92. The Morgan fingerprint density at radius 3 is 2.89 bits per heavy atom. The third-order valence-corrected chi connectivity index (χ3v) is 2.86. The standard InChI is InChI=1S/C13H14N4O/c1-2-3-8-18-13-11-7-5-4-6-10(11)12-15-14-9-17(12)16-13/h4-7,9H,2-3,8H2,1H3. The number of hydrogen-bond donors (Lipinski definition) is 0. The minimum atomic E-state index is 0.645. The summed E-state index contributed by atoms with van der Waals surface area (Å²) in [7, 11) is 0. The molecule has 3 aromatic rings. The van der Waals surface area contributed by atoms with Gasteiger partial charge in [0.05, 0.1) is 6.61 Å². The van der Waals surface area contributed by atoms with E-state index in [1.165, 1.54) is 0 Å². The van der Waals surface area contributed by atoms with Crippen LogP contribution in [0.1, 0.15) is 19.8 Å². The molecule has 5 nitrogen and oxygen atoms in total. The summed E-state index contributed by atoms with van der Waals surface area (Å²) in [5.74, 6) is 0.645. The Hall–Kier alpha value is -2.17. The van der Waals surface area contributed by atoms with Crippen molar-refractivity contribution in [2.45, 2.75) is 19.8 Å². The predicted octanol–water partition coefficient (Wildman–Crippen LogP) is 2.46. The third kappa shape index (κ3) is 1.77. The topological polar surface area (TPSA) is 52.3 Å². The summed E-state index contributed by atoms with van der Waals surface area (Å²) in [5, 5.41) is 14.4. The molecular weight excluding hydrogens is 228 g/mol. The van der Waals surface area contributed by atoms with Crippen molar-refractivity contribution in [3.8, 4) is 5.88 Å². The Kier molecular flexibility index (Phi) is 2.80. The molecule has 0 spiro atoms. The molecule has 0 N–H and O–H groups in total. The summed E-state index contributed by atoms with van der Waals surface area (Å²) < 4.78 is 7.41. The van der Waals surface area contributed by atoms with E-state index in [0.717, 1.165) is 29.3 Å². The maximum atomic E-state index is 5.75. The van der Waals surface area contributed by atoms with E-state index in [-0.39, 0.29) is 0 Å². The number of ether oxygens (including phenoxy) is 1. The van der Waals surface area contributed by atoms with Gasteiger partial charge in [0.2, 0.25) is 5.88 Å². The lowest BCUT2D eigenvalue weighted by Crippen LogP contribution is -2.02. The molecule has 0 atom stereocenters. The molecule has 0 radical (unpaired) electrons. The van der Waals surface area contributed by atoms with Gasteiger partial charge in [0.1, 0.15) is 6.33 Å². The van der Waals surface area contributed by atoms with E-state index >= 15 is 0 Å². The summed E-state index contributed by atoms with van der Waals surface area (Å²) in [6, 6.07) is 7.96. The average Bonchev–Trinajstić information content (AvgIpc) is 2.87. The molecular formula is C13H14N4O. The third-order valence-electron chi connectivity index (χ3n) is 2.86. The number of nitrogens with zero attached hydrogens (tertiary/aromatic N) is 4. The van der Waals surface area contributed by atoms with Crippen LogP contribution in [-0.2, 0) is 0 Å². The van der Waals surface area contributed by atoms with Crippen LogP contribution in [0, 0.1) is 0 Å². The van der Waals surface area contributed by atoms with Crippen molar-refractivity contribution >= 4 is 16.4 Å². The van der Waals surface area contributed by atoms with Crippen LogP contribution in [0.25, 0.3) is 16.4 Å². The molecule has 0 aliphatic rings. The molecule has 18 heavy (non-hydrogen) atoms. The van der Waals surface area contributed by atoms with Crippen LogP contribution in [-0.4, -0.2) is 26.4 Å². The molecule has 0 unspecified atom stereocenters. The molecule has 5 heteroatoms. The summed E-state index contributed by atoms with van der Waals surface area (Å²) in [4.78, 5) is 0. The van der Waals surface area contributed by atoms with Crippen molar-refractivity contribution in [2.75, 3.05) is 6.61 Å². The van der Waals surface area contributed by atoms with Crippen molar-refractivity contribution in [3.05, 3.63) is 30.6 Å². The van der Waals surface area contributed by atoms with E-state index < -0.39 is 0 Å². The number of rotatable bonds is 4. The van der Waals surface area contributed by atoms with Gasteiger partial charge in [-0.15, -0.1) is 15.3 Å². The lowest BCUT2D eigenvalue weighted by Gasteiger charge is -2.08. The number of unbranched alkanes of at least 4 members (excludes halogenated alkanes) is 1. The van der Waals surface area contributed by atoms with E-state index in [9.17, 15) is 0 Å². The van der Waals surface area contributed by atoms with Crippen LogP contribution < -0.4 is 4.74 Å². The molecule has 0 amide bonds. The summed E-state index contributed by atoms with van der Waals surface area (Å²) in [6.07, 6.45) is 3.72. The van der Waals surface area contributed by atoms with Crippen molar-refractivity contribution < 1.29 is 4.74 Å². The molecule has 2 heterocycles. The highest BCUT2D eigenvalue weighted by molar-refractivity contribution is 5.96. The Bertz CT molecular complexity index is 677. The van der Waals surface area contributed by atoms with E-state index in [1.807, 2.05) is 24.3 Å². The molecule has 0 fully saturated rings.